The Kier molecular flexibility index (Phi) is 9.30. The number of benzene rings is 2. The molecule has 0 aromatic heterocycles. The van der Waals surface area contributed by atoms with Crippen LogP contribution in [0.25, 0.3) is 0 Å². The molecule has 2 aromatic rings. The van der Waals surface area contributed by atoms with Crippen LogP contribution in [-0.4, -0.2) is 73.6 Å². The number of hydrogen-bond acceptors (Lipinski definition) is 5. The first-order chi connectivity index (χ1) is 17.2. The van der Waals surface area contributed by atoms with Crippen LogP contribution in [0.15, 0.2) is 48.5 Å². The highest BCUT2D eigenvalue weighted by molar-refractivity contribution is 6.02. The number of para-hydroxylation sites is 1. The van der Waals surface area contributed by atoms with E-state index in [2.05, 4.69) is 10.6 Å². The van der Waals surface area contributed by atoms with Gasteiger partial charge in [-0.05, 0) is 37.3 Å². The number of anilines is 2. The van der Waals surface area contributed by atoms with Crippen LogP contribution >= 0.6 is 0 Å². The highest BCUT2D eigenvalue weighted by Gasteiger charge is 2.30. The monoisotopic (exact) mass is 496 g/mol. The lowest BCUT2D eigenvalue weighted by atomic mass is 10.0. The minimum atomic E-state index is -0.424. The van der Waals surface area contributed by atoms with Gasteiger partial charge in [-0.3, -0.25) is 9.59 Å². The molecule has 1 aliphatic rings. The summed E-state index contributed by atoms with van der Waals surface area (Å²) in [6.07, 6.45) is 0.129. The number of methoxy groups -OCH3 is 1. The van der Waals surface area contributed by atoms with Gasteiger partial charge in [0.2, 0.25) is 5.91 Å². The number of ether oxygens (including phenoxy) is 2. The number of carbonyl (C=O) groups is 3. The van der Waals surface area contributed by atoms with Crippen molar-refractivity contribution in [3.63, 3.8) is 0 Å². The summed E-state index contributed by atoms with van der Waals surface area (Å²) in [6.45, 7) is 6.86. The Balaban J connectivity index is 1.89. The number of fused-ring (bicyclic) bond motifs is 1. The Morgan fingerprint density at radius 3 is 2.42 bits per heavy atom. The van der Waals surface area contributed by atoms with Crippen LogP contribution < -0.4 is 15.4 Å². The van der Waals surface area contributed by atoms with Gasteiger partial charge in [-0.1, -0.05) is 32.0 Å². The molecule has 3 atom stereocenters. The zero-order chi connectivity index (χ0) is 26.2. The van der Waals surface area contributed by atoms with E-state index < -0.39 is 6.03 Å². The molecular formula is C27H36N4O5. The molecule has 0 aliphatic carbocycles. The van der Waals surface area contributed by atoms with E-state index in [0.29, 0.717) is 42.2 Å². The maximum absolute atomic E-state index is 13.4. The van der Waals surface area contributed by atoms with Crippen molar-refractivity contribution in [3.8, 4) is 5.75 Å². The zero-order valence-corrected chi connectivity index (χ0v) is 21.6. The van der Waals surface area contributed by atoms with Gasteiger partial charge in [-0.2, -0.15) is 0 Å². The molecule has 3 rings (SSSR count). The number of hydrogen-bond donors (Lipinski definition) is 2. The smallest absolute Gasteiger partial charge is 0.323 e. The molecular weight excluding hydrogens is 460 g/mol. The van der Waals surface area contributed by atoms with Crippen LogP contribution in [0.2, 0.25) is 0 Å². The van der Waals surface area contributed by atoms with Crippen molar-refractivity contribution in [1.29, 1.82) is 0 Å². The Bertz CT molecular complexity index is 1060. The number of likely N-dealkylation sites (N-methyl/N-ethyl adjacent to an activating group) is 1. The fourth-order valence-electron chi connectivity index (χ4n) is 4.22. The average molecular weight is 497 g/mol. The van der Waals surface area contributed by atoms with Gasteiger partial charge in [-0.15, -0.1) is 0 Å². The van der Waals surface area contributed by atoms with Crippen molar-refractivity contribution in [1.82, 2.24) is 9.80 Å². The normalized spacial score (nSPS) is 20.9. The van der Waals surface area contributed by atoms with Crippen molar-refractivity contribution >= 4 is 29.2 Å². The van der Waals surface area contributed by atoms with Gasteiger partial charge in [0.05, 0.1) is 17.7 Å². The minimum absolute atomic E-state index is 0.00298. The summed E-state index contributed by atoms with van der Waals surface area (Å²) in [5, 5.41) is 5.53. The molecule has 0 fully saturated rings. The number of rotatable bonds is 4. The highest BCUT2D eigenvalue weighted by Crippen LogP contribution is 2.26. The number of nitrogens with zero attached hydrogens (tertiary/aromatic N) is 2. The third-order valence-electron chi connectivity index (χ3n) is 6.36. The molecule has 1 heterocycles. The van der Waals surface area contributed by atoms with E-state index in [1.54, 1.807) is 49.4 Å². The predicted molar refractivity (Wildman–Crippen MR) is 139 cm³/mol. The summed E-state index contributed by atoms with van der Waals surface area (Å²) < 4.78 is 11.8. The second kappa shape index (κ2) is 12.4. The Hall–Kier alpha value is -3.59. The number of nitrogens with one attached hydrogen (secondary N) is 2. The Labute approximate surface area is 212 Å². The minimum Gasteiger partial charge on any atom is -0.491 e. The van der Waals surface area contributed by atoms with E-state index in [1.165, 1.54) is 0 Å². The van der Waals surface area contributed by atoms with E-state index in [4.69, 9.17) is 9.47 Å². The van der Waals surface area contributed by atoms with Gasteiger partial charge in [-0.25, -0.2) is 4.79 Å². The second-order valence-electron chi connectivity index (χ2n) is 9.15. The van der Waals surface area contributed by atoms with Crippen molar-refractivity contribution in [2.45, 2.75) is 39.3 Å². The fraction of sp³-hybridized carbons (Fsp3) is 0.444. The van der Waals surface area contributed by atoms with Crippen LogP contribution in [0.1, 0.15) is 37.6 Å². The molecule has 0 saturated carbocycles. The van der Waals surface area contributed by atoms with Crippen LogP contribution in [0.5, 0.6) is 5.75 Å². The molecule has 9 nitrogen and oxygen atoms in total. The maximum Gasteiger partial charge on any atom is 0.323 e. The molecule has 0 radical (unpaired) electrons. The van der Waals surface area contributed by atoms with E-state index in [-0.39, 0.29) is 36.5 Å². The van der Waals surface area contributed by atoms with E-state index in [0.717, 1.165) is 0 Å². The van der Waals surface area contributed by atoms with E-state index in [1.807, 2.05) is 43.9 Å². The SMILES string of the molecule is CCC(=O)N1C[C@H](C)[C@H](OC)CN(C)C(=O)c2cc(NC(=O)Nc3ccccc3)ccc2OC[C@H]1C. The summed E-state index contributed by atoms with van der Waals surface area (Å²) in [7, 11) is 3.32. The Morgan fingerprint density at radius 1 is 1.06 bits per heavy atom. The number of urea groups is 1. The highest BCUT2D eigenvalue weighted by atomic mass is 16.5. The molecule has 36 heavy (non-hydrogen) atoms. The molecule has 0 saturated heterocycles. The van der Waals surface area contributed by atoms with Crippen LogP contribution in [-0.2, 0) is 9.53 Å². The topological polar surface area (TPSA) is 100 Å². The van der Waals surface area contributed by atoms with Gasteiger partial charge in [0.15, 0.2) is 0 Å². The molecule has 2 aromatic carbocycles. The molecule has 0 bridgehead atoms. The molecule has 4 amide bonds. The van der Waals surface area contributed by atoms with Crippen molar-refractivity contribution in [2.75, 3.05) is 44.5 Å². The quantitative estimate of drug-likeness (QED) is 0.665. The van der Waals surface area contributed by atoms with Gasteiger partial charge < -0.3 is 29.9 Å². The van der Waals surface area contributed by atoms with Gasteiger partial charge in [0.25, 0.3) is 5.91 Å². The predicted octanol–water partition coefficient (Wildman–Crippen LogP) is 4.07. The van der Waals surface area contributed by atoms with Crippen molar-refractivity contribution in [2.24, 2.45) is 5.92 Å². The van der Waals surface area contributed by atoms with Crippen molar-refractivity contribution in [3.05, 3.63) is 54.1 Å². The largest absolute Gasteiger partial charge is 0.491 e. The van der Waals surface area contributed by atoms with Crippen LogP contribution in [0.4, 0.5) is 16.2 Å². The standard InChI is InChI=1S/C27H36N4O5/c1-6-25(32)31-15-18(2)24(35-5)16-30(4)26(33)22-14-21(12-13-23(22)36-17-19(31)3)29-27(34)28-20-10-8-7-9-11-20/h7-14,18-19,24H,6,15-17H2,1-5H3,(H2,28,29,34)/t18-,19+,24+/m0/s1. The van der Waals surface area contributed by atoms with Gasteiger partial charge in [0.1, 0.15) is 12.4 Å². The molecule has 0 unspecified atom stereocenters. The third kappa shape index (κ3) is 6.75. The molecule has 2 N–H and O–H groups in total. The summed E-state index contributed by atoms with van der Waals surface area (Å²) in [5.74, 6) is 0.176. The van der Waals surface area contributed by atoms with E-state index >= 15 is 0 Å². The first-order valence-corrected chi connectivity index (χ1v) is 12.2. The molecule has 1 aliphatic heterocycles. The lowest BCUT2D eigenvalue weighted by Gasteiger charge is -2.36. The number of carbonyl (C=O) groups excluding carboxylic acids is 3. The van der Waals surface area contributed by atoms with Gasteiger partial charge >= 0.3 is 6.03 Å². The maximum atomic E-state index is 13.4. The molecule has 9 heteroatoms. The van der Waals surface area contributed by atoms with Crippen LogP contribution in [0.3, 0.4) is 0 Å². The zero-order valence-electron chi connectivity index (χ0n) is 21.6. The molecule has 0 spiro atoms. The first-order valence-electron chi connectivity index (χ1n) is 12.2. The van der Waals surface area contributed by atoms with Gasteiger partial charge in [0, 0.05) is 51.0 Å². The lowest BCUT2D eigenvalue weighted by Crippen LogP contribution is -2.48. The summed E-state index contributed by atoms with van der Waals surface area (Å²) >= 11 is 0. The average Bonchev–Trinajstić information content (AvgIpc) is 2.88. The number of amides is 4. The summed E-state index contributed by atoms with van der Waals surface area (Å²) in [6, 6.07) is 13.4. The first kappa shape index (κ1) is 27.0. The van der Waals surface area contributed by atoms with E-state index in [9.17, 15) is 14.4 Å². The fourth-order valence-corrected chi connectivity index (χ4v) is 4.22. The summed E-state index contributed by atoms with van der Waals surface area (Å²) in [5.41, 5.74) is 1.42. The lowest BCUT2D eigenvalue weighted by molar-refractivity contribution is -0.135. The Morgan fingerprint density at radius 2 is 1.75 bits per heavy atom. The van der Waals surface area contributed by atoms with Crippen LogP contribution in [0, 0.1) is 5.92 Å². The summed E-state index contributed by atoms with van der Waals surface area (Å²) in [4.78, 5) is 42.0. The molecule has 194 valence electrons. The third-order valence-corrected chi connectivity index (χ3v) is 6.36. The second-order valence-corrected chi connectivity index (χ2v) is 9.15. The van der Waals surface area contributed by atoms with Crippen molar-refractivity contribution < 1.29 is 23.9 Å².